The third-order valence-corrected chi connectivity index (χ3v) is 17.7. The second-order valence-corrected chi connectivity index (χ2v) is 22.1. The molecule has 0 unspecified atom stereocenters. The van der Waals surface area contributed by atoms with Crippen molar-refractivity contribution in [1.29, 1.82) is 0 Å². The lowest BCUT2D eigenvalue weighted by Crippen LogP contribution is -2.13. The highest BCUT2D eigenvalue weighted by atomic mass is 16.3. The lowest BCUT2D eigenvalue weighted by atomic mass is 9.84. The number of anilines is 6. The van der Waals surface area contributed by atoms with Crippen molar-refractivity contribution in [2.45, 2.75) is 0 Å². The first kappa shape index (κ1) is 46.5. The lowest BCUT2D eigenvalue weighted by Gasteiger charge is -2.32. The maximum absolute atomic E-state index is 6.98. The van der Waals surface area contributed by atoms with Gasteiger partial charge in [0.2, 0.25) is 0 Å². The normalized spacial score (nSPS) is 12.0. The Morgan fingerprint density at radius 2 is 0.476 bits per heavy atom. The minimum atomic E-state index is 0.850. The number of hydrogen-bond donors (Lipinski definition) is 0. The zero-order chi connectivity index (χ0) is 55.0. The minimum absolute atomic E-state index is 0.850. The number of hydrogen-bond acceptors (Lipinski definition) is 4. The number of fused-ring (bicyclic) bond motifs is 18. The Morgan fingerprint density at radius 1 is 0.202 bits per heavy atom. The summed E-state index contributed by atoms with van der Waals surface area (Å²) in [7, 11) is 0. The third kappa shape index (κ3) is 6.71. The topological polar surface area (TPSA) is 32.8 Å². The van der Waals surface area contributed by atoms with E-state index in [2.05, 4.69) is 301 Å². The molecule has 84 heavy (non-hydrogen) atoms. The summed E-state index contributed by atoms with van der Waals surface area (Å²) in [4.78, 5) is 4.98. The molecule has 0 saturated heterocycles. The van der Waals surface area contributed by atoms with Gasteiger partial charge in [-0.1, -0.05) is 243 Å². The van der Waals surface area contributed by atoms with Gasteiger partial charge in [0.05, 0.1) is 22.7 Å². The number of furan rings is 2. The van der Waals surface area contributed by atoms with Crippen LogP contribution in [0.4, 0.5) is 34.1 Å². The monoisotopic (exact) mass is 1070 g/mol. The molecule has 4 heteroatoms. The number of para-hydroxylation sites is 2. The van der Waals surface area contributed by atoms with Crippen molar-refractivity contribution >= 4 is 164 Å². The highest BCUT2D eigenvalue weighted by molar-refractivity contribution is 6.34. The van der Waals surface area contributed by atoms with E-state index in [-0.39, 0.29) is 0 Å². The molecule has 0 aliphatic carbocycles. The minimum Gasteiger partial charge on any atom is -0.456 e. The number of nitrogens with zero attached hydrogens (tertiary/aromatic N) is 2. The molecule has 0 bridgehead atoms. The molecule has 0 saturated carbocycles. The van der Waals surface area contributed by atoms with Crippen LogP contribution in [-0.2, 0) is 0 Å². The molecule has 18 aromatic rings. The predicted octanol–water partition coefficient (Wildman–Crippen LogP) is 23.3. The quantitative estimate of drug-likeness (QED) is 0.149. The van der Waals surface area contributed by atoms with Crippen molar-refractivity contribution in [3.05, 3.63) is 291 Å². The van der Waals surface area contributed by atoms with Crippen LogP contribution in [0.25, 0.3) is 141 Å². The number of benzene rings is 16. The van der Waals surface area contributed by atoms with Crippen LogP contribution in [-0.4, -0.2) is 0 Å². The molecule has 0 atom stereocenters. The van der Waals surface area contributed by atoms with E-state index in [1.807, 2.05) is 0 Å². The smallest absolute Gasteiger partial charge is 0.138 e. The van der Waals surface area contributed by atoms with Gasteiger partial charge in [-0.3, -0.25) is 0 Å². The average molecular weight is 1070 g/mol. The first-order valence-corrected chi connectivity index (χ1v) is 28.8. The fraction of sp³-hybridized carbons (Fsp3) is 0. The van der Waals surface area contributed by atoms with Gasteiger partial charge in [-0.05, 0) is 101 Å². The van der Waals surface area contributed by atoms with Crippen LogP contribution in [0.2, 0.25) is 0 Å². The van der Waals surface area contributed by atoms with Gasteiger partial charge in [-0.25, -0.2) is 0 Å². The Balaban J connectivity index is 0.929. The molecule has 0 amide bonds. The van der Waals surface area contributed by atoms with E-state index in [9.17, 15) is 0 Å². The second-order valence-electron chi connectivity index (χ2n) is 22.1. The Bertz CT molecular complexity index is 5290. The van der Waals surface area contributed by atoms with Crippen molar-refractivity contribution in [3.63, 3.8) is 0 Å². The van der Waals surface area contributed by atoms with Gasteiger partial charge < -0.3 is 18.6 Å². The Labute approximate surface area is 482 Å². The number of rotatable bonds is 7. The fourth-order valence-corrected chi connectivity index (χ4v) is 14.3. The van der Waals surface area contributed by atoms with E-state index >= 15 is 0 Å². The average Bonchev–Trinajstić information content (AvgIpc) is 1.86. The highest BCUT2D eigenvalue weighted by Crippen LogP contribution is 2.56. The first-order valence-electron chi connectivity index (χ1n) is 28.8. The van der Waals surface area contributed by atoms with E-state index in [0.717, 1.165) is 143 Å². The maximum Gasteiger partial charge on any atom is 0.138 e. The van der Waals surface area contributed by atoms with Gasteiger partial charge in [-0.15, -0.1) is 0 Å². The van der Waals surface area contributed by atoms with Gasteiger partial charge in [0.25, 0.3) is 0 Å². The van der Waals surface area contributed by atoms with Crippen molar-refractivity contribution in [2.75, 3.05) is 9.80 Å². The second kappa shape index (κ2) is 18.2. The van der Waals surface area contributed by atoms with Crippen LogP contribution >= 0.6 is 0 Å². The molecule has 0 spiro atoms. The van der Waals surface area contributed by atoms with Crippen LogP contribution < -0.4 is 9.80 Å². The fourth-order valence-electron chi connectivity index (χ4n) is 14.3. The van der Waals surface area contributed by atoms with Gasteiger partial charge in [-0.2, -0.15) is 0 Å². The largest absolute Gasteiger partial charge is 0.456 e. The highest BCUT2D eigenvalue weighted by Gasteiger charge is 2.30. The molecule has 0 radical (unpaired) electrons. The lowest BCUT2D eigenvalue weighted by molar-refractivity contribution is 0.669. The van der Waals surface area contributed by atoms with Gasteiger partial charge >= 0.3 is 0 Å². The molecule has 4 nitrogen and oxygen atoms in total. The van der Waals surface area contributed by atoms with Gasteiger partial charge in [0, 0.05) is 77.4 Å². The van der Waals surface area contributed by atoms with E-state index in [1.54, 1.807) is 0 Å². The molecule has 390 valence electrons. The summed E-state index contributed by atoms with van der Waals surface area (Å²) in [6.45, 7) is 0. The van der Waals surface area contributed by atoms with Gasteiger partial charge in [0.15, 0.2) is 0 Å². The van der Waals surface area contributed by atoms with Crippen LogP contribution in [0, 0.1) is 0 Å². The Morgan fingerprint density at radius 3 is 0.833 bits per heavy atom. The molecule has 0 aliphatic rings. The summed E-state index contributed by atoms with van der Waals surface area (Å²) in [6, 6.07) is 106. The molecule has 16 aromatic carbocycles. The van der Waals surface area contributed by atoms with E-state index < -0.39 is 0 Å². The van der Waals surface area contributed by atoms with Crippen molar-refractivity contribution in [1.82, 2.24) is 0 Å². The van der Waals surface area contributed by atoms with Crippen LogP contribution in [0.15, 0.2) is 300 Å². The molecule has 0 N–H and O–H groups in total. The molecule has 18 rings (SSSR count). The predicted molar refractivity (Wildman–Crippen MR) is 356 cm³/mol. The molecule has 0 fully saturated rings. The first-order chi connectivity index (χ1) is 41.7. The van der Waals surface area contributed by atoms with E-state index in [4.69, 9.17) is 8.83 Å². The molecular formula is C80H48N2O2. The summed E-state index contributed by atoms with van der Waals surface area (Å²) in [5.74, 6) is 0. The van der Waals surface area contributed by atoms with Crippen molar-refractivity contribution in [3.8, 4) is 11.1 Å². The van der Waals surface area contributed by atoms with Crippen LogP contribution in [0.3, 0.4) is 0 Å². The van der Waals surface area contributed by atoms with E-state index in [1.165, 1.54) is 32.7 Å². The Hall–Kier alpha value is -11.2. The third-order valence-electron chi connectivity index (χ3n) is 17.7. The summed E-state index contributed by atoms with van der Waals surface area (Å²) in [5, 5.41) is 23.0. The summed E-state index contributed by atoms with van der Waals surface area (Å²) >= 11 is 0. The van der Waals surface area contributed by atoms with Crippen LogP contribution in [0.1, 0.15) is 0 Å². The van der Waals surface area contributed by atoms with Crippen molar-refractivity contribution < 1.29 is 8.83 Å². The molecule has 2 heterocycles. The van der Waals surface area contributed by atoms with Crippen LogP contribution in [0.5, 0.6) is 0 Å². The molecular weight excluding hydrogens is 1020 g/mol. The van der Waals surface area contributed by atoms with Gasteiger partial charge in [0.1, 0.15) is 22.3 Å². The SMILES string of the molecule is c1ccc(N(c2c3ccccc3c(-c3c4ccccc4c(N(c4ccccc4)c4cc5oc6ccc7ccccc7c6c5c5ccccc45)c4ccccc34)c3ccccc23)c2cc3oc4ccc5ccccc5c4c3c3ccccc23)cc1. The van der Waals surface area contributed by atoms with E-state index in [0.29, 0.717) is 0 Å². The van der Waals surface area contributed by atoms with Crippen molar-refractivity contribution in [2.24, 2.45) is 0 Å². The maximum atomic E-state index is 6.98. The molecule has 0 aliphatic heterocycles. The molecule has 2 aromatic heterocycles. The zero-order valence-corrected chi connectivity index (χ0v) is 45.4. The summed E-state index contributed by atoms with van der Waals surface area (Å²) in [5.41, 5.74) is 12.2. The Kier molecular flexibility index (Phi) is 10.1. The summed E-state index contributed by atoms with van der Waals surface area (Å²) in [6.07, 6.45) is 0. The zero-order valence-electron chi connectivity index (χ0n) is 45.4. The summed E-state index contributed by atoms with van der Waals surface area (Å²) < 4.78 is 14.0. The standard InChI is InChI=1S/C80H48N2O2/c1-3-25-51(26-4-1)81(67-47-71-77(57-33-13-11-31-55(57)67)75-53-29-9-7-23-49(53)43-45-69(75)83-71)79-63-39-19-15-35-59(63)73(60-36-16-20-40-64(60)79)74-61-37-17-21-41-65(61)80(66-42-22-18-38-62(66)74)82(52-27-5-2-6-28-52)68-48-72-78(58-34-14-12-32-56(58)68)76-54-30-10-8-24-50(54)44-46-70(76)84-72/h1-48H.